The van der Waals surface area contributed by atoms with Crippen molar-refractivity contribution >= 4 is 45.9 Å². The first kappa shape index (κ1) is 15.4. The van der Waals surface area contributed by atoms with Crippen LogP contribution in [0.1, 0.15) is 12.0 Å². The molecule has 23 heavy (non-hydrogen) atoms. The minimum absolute atomic E-state index is 0.104. The molecular weight excluding hydrogens is 316 g/mol. The minimum Gasteiger partial charge on any atom is -0.481 e. The first-order valence-corrected chi connectivity index (χ1v) is 7.80. The van der Waals surface area contributed by atoms with Gasteiger partial charge in [-0.25, -0.2) is 0 Å². The summed E-state index contributed by atoms with van der Waals surface area (Å²) >= 11 is 0.842. The lowest BCUT2D eigenvalue weighted by atomic mass is 10.1. The Kier molecular flexibility index (Phi) is 3.96. The van der Waals surface area contributed by atoms with Crippen LogP contribution >= 0.6 is 11.8 Å². The predicted molar refractivity (Wildman–Crippen MR) is 87.8 cm³/mol. The molecule has 0 spiro atoms. The monoisotopic (exact) mass is 330 g/mol. The van der Waals surface area contributed by atoms with E-state index >= 15 is 0 Å². The lowest BCUT2D eigenvalue weighted by Crippen LogP contribution is -2.30. The van der Waals surface area contributed by atoms with Crippen LogP contribution in [0.3, 0.4) is 0 Å². The molecule has 1 aliphatic heterocycles. The quantitative estimate of drug-likeness (QED) is 0.872. The molecule has 1 N–H and O–H groups in total. The highest BCUT2D eigenvalue weighted by atomic mass is 32.2. The topological polar surface area (TPSA) is 79.6 Å². The summed E-state index contributed by atoms with van der Waals surface area (Å²) in [5, 5.41) is 9.26. The first-order valence-electron chi connectivity index (χ1n) is 6.98. The number of hydrogen-bond donors (Lipinski definition) is 1. The Balaban J connectivity index is 1.92. The van der Waals surface area contributed by atoms with Gasteiger partial charge in [-0.2, -0.15) is 0 Å². The number of carboxylic acids is 1. The molecule has 7 heteroatoms. The molecule has 0 saturated carbocycles. The van der Waals surface area contributed by atoms with Crippen LogP contribution < -0.4 is 0 Å². The van der Waals surface area contributed by atoms with Crippen LogP contribution in [-0.2, 0) is 16.6 Å². The highest BCUT2D eigenvalue weighted by molar-refractivity contribution is 8.18. The summed E-state index contributed by atoms with van der Waals surface area (Å²) in [5.41, 5.74) is 1.88. The van der Waals surface area contributed by atoms with Crippen molar-refractivity contribution in [3.63, 3.8) is 0 Å². The van der Waals surface area contributed by atoms with E-state index in [1.54, 1.807) is 6.08 Å². The maximum absolute atomic E-state index is 12.3. The Morgan fingerprint density at radius 3 is 2.78 bits per heavy atom. The van der Waals surface area contributed by atoms with Crippen molar-refractivity contribution in [2.24, 2.45) is 7.05 Å². The standard InChI is InChI=1S/C16H14N2O4S/c1-17-9-10(11-4-2-3-5-12(11)17)8-13-15(21)18(16(22)23-13)7-6-14(19)20/h2-5,8-9H,6-7H2,1H3,(H,19,20)/b13-8+. The molecule has 2 heterocycles. The molecule has 0 unspecified atom stereocenters. The van der Waals surface area contributed by atoms with Crippen LogP contribution in [0, 0.1) is 0 Å². The zero-order valence-electron chi connectivity index (χ0n) is 12.4. The van der Waals surface area contributed by atoms with Gasteiger partial charge in [-0.1, -0.05) is 18.2 Å². The SMILES string of the molecule is Cn1cc(/C=C2/SC(=O)N(CCC(=O)O)C2=O)c2ccccc21. The number of fused-ring (bicyclic) bond motifs is 1. The van der Waals surface area contributed by atoms with Crippen molar-refractivity contribution in [1.29, 1.82) is 0 Å². The molecule has 1 saturated heterocycles. The van der Waals surface area contributed by atoms with Gasteiger partial charge in [-0.3, -0.25) is 19.3 Å². The maximum atomic E-state index is 12.3. The Morgan fingerprint density at radius 1 is 1.30 bits per heavy atom. The second kappa shape index (κ2) is 5.92. The maximum Gasteiger partial charge on any atom is 0.305 e. The summed E-state index contributed by atoms with van der Waals surface area (Å²) in [4.78, 5) is 36.1. The Labute approximate surface area is 136 Å². The third-order valence-corrected chi connectivity index (χ3v) is 4.54. The molecule has 1 fully saturated rings. The molecule has 0 radical (unpaired) electrons. The highest BCUT2D eigenvalue weighted by Gasteiger charge is 2.35. The van der Waals surface area contributed by atoms with Gasteiger partial charge in [0.2, 0.25) is 0 Å². The number of aliphatic carboxylic acids is 1. The average molecular weight is 330 g/mol. The molecule has 1 aromatic heterocycles. The zero-order valence-corrected chi connectivity index (χ0v) is 13.2. The van der Waals surface area contributed by atoms with E-state index < -0.39 is 17.1 Å². The third-order valence-electron chi connectivity index (χ3n) is 3.64. The average Bonchev–Trinajstić information content (AvgIpc) is 2.96. The molecule has 0 atom stereocenters. The number of nitrogens with zero attached hydrogens (tertiary/aromatic N) is 2. The normalized spacial score (nSPS) is 16.7. The van der Waals surface area contributed by atoms with Crippen LogP contribution in [0.15, 0.2) is 35.4 Å². The van der Waals surface area contributed by atoms with Crippen molar-refractivity contribution < 1.29 is 19.5 Å². The molecule has 0 bridgehead atoms. The predicted octanol–water partition coefficient (Wildman–Crippen LogP) is 2.69. The molecule has 6 nitrogen and oxygen atoms in total. The number of benzene rings is 1. The van der Waals surface area contributed by atoms with E-state index in [4.69, 9.17) is 5.11 Å². The number of carbonyl (C=O) groups excluding carboxylic acids is 2. The lowest BCUT2D eigenvalue weighted by Gasteiger charge is -2.09. The largest absolute Gasteiger partial charge is 0.481 e. The van der Waals surface area contributed by atoms with Crippen molar-refractivity contribution in [3.05, 3.63) is 40.9 Å². The number of hydrogen-bond acceptors (Lipinski definition) is 4. The van der Waals surface area contributed by atoms with Gasteiger partial charge >= 0.3 is 5.97 Å². The molecule has 2 aromatic rings. The number of amides is 2. The van der Waals surface area contributed by atoms with E-state index in [0.717, 1.165) is 33.1 Å². The first-order chi connectivity index (χ1) is 11.0. The minimum atomic E-state index is -1.04. The number of aryl methyl sites for hydroxylation is 1. The van der Waals surface area contributed by atoms with E-state index in [1.165, 1.54) is 0 Å². The summed E-state index contributed by atoms with van der Waals surface area (Å²) in [7, 11) is 1.91. The van der Waals surface area contributed by atoms with Crippen molar-refractivity contribution in [2.75, 3.05) is 6.54 Å². The molecule has 1 aliphatic rings. The molecule has 0 aliphatic carbocycles. The van der Waals surface area contributed by atoms with Crippen LogP contribution in [0.25, 0.3) is 17.0 Å². The van der Waals surface area contributed by atoms with Crippen LogP contribution in [0.5, 0.6) is 0 Å². The van der Waals surface area contributed by atoms with Crippen LogP contribution in [-0.4, -0.2) is 38.2 Å². The molecular formula is C16H14N2O4S. The van der Waals surface area contributed by atoms with Gasteiger partial charge < -0.3 is 9.67 Å². The van der Waals surface area contributed by atoms with Gasteiger partial charge in [-0.15, -0.1) is 0 Å². The van der Waals surface area contributed by atoms with Gasteiger partial charge in [0.05, 0.1) is 11.3 Å². The number of carboxylic acid groups (broad SMARTS) is 1. The summed E-state index contributed by atoms with van der Waals surface area (Å²) in [6.07, 6.45) is 3.34. The van der Waals surface area contributed by atoms with Gasteiger partial charge in [0.25, 0.3) is 11.1 Å². The Bertz CT molecular complexity index is 853. The van der Waals surface area contributed by atoms with E-state index in [2.05, 4.69) is 0 Å². The third kappa shape index (κ3) is 2.87. The lowest BCUT2D eigenvalue weighted by molar-refractivity contribution is -0.137. The number of para-hydroxylation sites is 1. The fraction of sp³-hybridized carbons (Fsp3) is 0.188. The fourth-order valence-electron chi connectivity index (χ4n) is 2.53. The summed E-state index contributed by atoms with van der Waals surface area (Å²) in [6.45, 7) is -0.104. The summed E-state index contributed by atoms with van der Waals surface area (Å²) in [5.74, 6) is -1.48. The van der Waals surface area contributed by atoms with E-state index in [9.17, 15) is 14.4 Å². The number of aromatic nitrogens is 1. The second-order valence-electron chi connectivity index (χ2n) is 5.19. The number of rotatable bonds is 4. The Morgan fingerprint density at radius 2 is 2.04 bits per heavy atom. The molecule has 2 amide bonds. The number of imide groups is 1. The van der Waals surface area contributed by atoms with Crippen molar-refractivity contribution in [3.8, 4) is 0 Å². The zero-order chi connectivity index (χ0) is 16.6. The number of carbonyl (C=O) groups is 3. The second-order valence-corrected chi connectivity index (χ2v) is 6.18. The van der Waals surface area contributed by atoms with Gasteiger partial charge in [0, 0.05) is 36.3 Å². The van der Waals surface area contributed by atoms with Crippen molar-refractivity contribution in [2.45, 2.75) is 6.42 Å². The van der Waals surface area contributed by atoms with Gasteiger partial charge in [0.1, 0.15) is 0 Å². The van der Waals surface area contributed by atoms with E-state index in [0.29, 0.717) is 4.91 Å². The Hall–Kier alpha value is -2.54. The van der Waals surface area contributed by atoms with Crippen LogP contribution in [0.2, 0.25) is 0 Å². The molecule has 3 rings (SSSR count). The van der Waals surface area contributed by atoms with Gasteiger partial charge in [0.15, 0.2) is 0 Å². The van der Waals surface area contributed by atoms with E-state index in [-0.39, 0.29) is 13.0 Å². The molecule has 1 aromatic carbocycles. The van der Waals surface area contributed by atoms with Gasteiger partial charge in [-0.05, 0) is 23.9 Å². The summed E-state index contributed by atoms with van der Waals surface area (Å²) in [6, 6.07) is 7.78. The summed E-state index contributed by atoms with van der Waals surface area (Å²) < 4.78 is 1.95. The molecule has 118 valence electrons. The number of thioether (sulfide) groups is 1. The smallest absolute Gasteiger partial charge is 0.305 e. The van der Waals surface area contributed by atoms with Crippen molar-refractivity contribution in [1.82, 2.24) is 9.47 Å². The van der Waals surface area contributed by atoms with E-state index in [1.807, 2.05) is 42.1 Å². The fourth-order valence-corrected chi connectivity index (χ4v) is 3.39. The highest BCUT2D eigenvalue weighted by Crippen LogP contribution is 2.33. The van der Waals surface area contributed by atoms with Crippen LogP contribution in [0.4, 0.5) is 4.79 Å².